The molecule has 1 fully saturated rings. The standard InChI is InChI=1S/C21H22FN5O3/c22-18-5-1-15(2-6-18)17-9-10-26(11-17)21(29)16-3-7-20(8-4-16)30-13-19(28)12-27-24-14-23-25-27/h1-8,14,17,19,28H,9-13H2. The van der Waals surface area contributed by atoms with Gasteiger partial charge in [-0.05, 0) is 53.6 Å². The molecule has 1 aliphatic heterocycles. The Bertz CT molecular complexity index is 963. The number of nitrogens with zero attached hydrogens (tertiary/aromatic N) is 5. The van der Waals surface area contributed by atoms with Crippen molar-refractivity contribution in [3.63, 3.8) is 0 Å². The van der Waals surface area contributed by atoms with Crippen molar-refractivity contribution in [3.05, 3.63) is 71.8 Å². The van der Waals surface area contributed by atoms with Gasteiger partial charge in [0, 0.05) is 24.6 Å². The van der Waals surface area contributed by atoms with E-state index in [0.717, 1.165) is 12.0 Å². The molecular formula is C21H22FN5O3. The molecular weight excluding hydrogens is 389 g/mol. The molecule has 1 N–H and O–H groups in total. The molecule has 1 aliphatic rings. The van der Waals surface area contributed by atoms with E-state index in [9.17, 15) is 14.3 Å². The van der Waals surface area contributed by atoms with E-state index in [0.29, 0.717) is 24.4 Å². The molecule has 30 heavy (non-hydrogen) atoms. The molecule has 1 aromatic heterocycles. The van der Waals surface area contributed by atoms with E-state index < -0.39 is 6.10 Å². The van der Waals surface area contributed by atoms with Gasteiger partial charge in [0.25, 0.3) is 5.91 Å². The number of aromatic nitrogens is 4. The highest BCUT2D eigenvalue weighted by atomic mass is 19.1. The third kappa shape index (κ3) is 4.80. The molecule has 0 aliphatic carbocycles. The average molecular weight is 411 g/mol. The van der Waals surface area contributed by atoms with Crippen molar-refractivity contribution >= 4 is 5.91 Å². The summed E-state index contributed by atoms with van der Waals surface area (Å²) in [6.07, 6.45) is 1.37. The Morgan fingerprint density at radius 2 is 1.97 bits per heavy atom. The fourth-order valence-corrected chi connectivity index (χ4v) is 3.53. The van der Waals surface area contributed by atoms with Gasteiger partial charge in [0.1, 0.15) is 24.3 Å². The van der Waals surface area contributed by atoms with Crippen molar-refractivity contribution < 1.29 is 19.0 Å². The maximum atomic E-state index is 13.1. The molecule has 2 atom stereocenters. The number of benzene rings is 2. The van der Waals surface area contributed by atoms with Crippen LogP contribution >= 0.6 is 0 Å². The predicted molar refractivity (Wildman–Crippen MR) is 105 cm³/mol. The van der Waals surface area contributed by atoms with E-state index >= 15 is 0 Å². The van der Waals surface area contributed by atoms with Crippen LogP contribution in [0.4, 0.5) is 4.39 Å². The quantitative estimate of drug-likeness (QED) is 0.638. The molecule has 0 radical (unpaired) electrons. The normalized spacial score (nSPS) is 17.1. The van der Waals surface area contributed by atoms with Gasteiger partial charge in [-0.3, -0.25) is 4.79 Å². The summed E-state index contributed by atoms with van der Waals surface area (Å²) in [5, 5.41) is 21.1. The summed E-state index contributed by atoms with van der Waals surface area (Å²) in [5.74, 6) is 0.485. The highest BCUT2D eigenvalue weighted by Gasteiger charge is 2.28. The average Bonchev–Trinajstić information content (AvgIpc) is 3.45. The lowest BCUT2D eigenvalue weighted by molar-refractivity contribution is 0.0788. The van der Waals surface area contributed by atoms with Gasteiger partial charge in [0.05, 0.1) is 6.54 Å². The van der Waals surface area contributed by atoms with Crippen LogP contribution in [0.2, 0.25) is 0 Å². The Morgan fingerprint density at radius 3 is 2.67 bits per heavy atom. The fraction of sp³-hybridized carbons (Fsp3) is 0.333. The molecule has 9 heteroatoms. The number of halogens is 1. The van der Waals surface area contributed by atoms with Crippen molar-refractivity contribution in [2.24, 2.45) is 0 Å². The van der Waals surface area contributed by atoms with Gasteiger partial charge >= 0.3 is 0 Å². The zero-order chi connectivity index (χ0) is 20.9. The maximum Gasteiger partial charge on any atom is 0.253 e. The first-order chi connectivity index (χ1) is 14.6. The minimum atomic E-state index is -0.784. The van der Waals surface area contributed by atoms with Gasteiger partial charge in [-0.15, -0.1) is 10.2 Å². The molecule has 4 rings (SSSR count). The van der Waals surface area contributed by atoms with Crippen LogP contribution in [-0.2, 0) is 6.54 Å². The first-order valence-corrected chi connectivity index (χ1v) is 9.75. The largest absolute Gasteiger partial charge is 0.491 e. The van der Waals surface area contributed by atoms with Crippen molar-refractivity contribution in [1.82, 2.24) is 25.1 Å². The number of tetrazole rings is 1. The Labute approximate surface area is 172 Å². The molecule has 1 amide bonds. The van der Waals surface area contributed by atoms with Gasteiger partial charge in [-0.1, -0.05) is 12.1 Å². The summed E-state index contributed by atoms with van der Waals surface area (Å²) in [4.78, 5) is 15.9. The second-order valence-corrected chi connectivity index (χ2v) is 7.27. The van der Waals surface area contributed by atoms with E-state index in [-0.39, 0.29) is 30.8 Å². The molecule has 8 nitrogen and oxygen atoms in total. The second-order valence-electron chi connectivity index (χ2n) is 7.27. The Balaban J connectivity index is 1.29. The van der Waals surface area contributed by atoms with Gasteiger partial charge in [-0.2, -0.15) is 4.80 Å². The van der Waals surface area contributed by atoms with E-state index in [1.807, 2.05) is 4.90 Å². The Hall–Kier alpha value is -3.33. The molecule has 2 aromatic carbocycles. The first kappa shape index (κ1) is 20.0. The summed E-state index contributed by atoms with van der Waals surface area (Å²) in [5.41, 5.74) is 1.63. The third-order valence-electron chi connectivity index (χ3n) is 5.13. The number of amides is 1. The summed E-state index contributed by atoms with van der Waals surface area (Å²) < 4.78 is 18.7. The zero-order valence-corrected chi connectivity index (χ0v) is 16.3. The number of aliphatic hydroxyl groups is 1. The highest BCUT2D eigenvalue weighted by molar-refractivity contribution is 5.94. The number of ether oxygens (including phenoxy) is 1. The van der Waals surface area contributed by atoms with E-state index in [1.54, 1.807) is 36.4 Å². The number of carbonyl (C=O) groups excluding carboxylic acids is 1. The van der Waals surface area contributed by atoms with Crippen LogP contribution in [-0.4, -0.2) is 61.9 Å². The summed E-state index contributed by atoms with van der Waals surface area (Å²) >= 11 is 0. The van der Waals surface area contributed by atoms with Crippen LogP contribution in [0.3, 0.4) is 0 Å². The lowest BCUT2D eigenvalue weighted by Crippen LogP contribution is -2.28. The number of aliphatic hydroxyl groups excluding tert-OH is 1. The van der Waals surface area contributed by atoms with E-state index in [4.69, 9.17) is 4.74 Å². The minimum Gasteiger partial charge on any atom is -0.491 e. The van der Waals surface area contributed by atoms with E-state index in [1.165, 1.54) is 23.3 Å². The number of likely N-dealkylation sites (tertiary alicyclic amines) is 1. The second kappa shape index (κ2) is 9.00. The molecule has 2 unspecified atom stereocenters. The highest BCUT2D eigenvalue weighted by Crippen LogP contribution is 2.28. The number of rotatable bonds is 7. The summed E-state index contributed by atoms with van der Waals surface area (Å²) in [6.45, 7) is 1.54. The number of hydrogen-bond acceptors (Lipinski definition) is 6. The monoisotopic (exact) mass is 411 g/mol. The topological polar surface area (TPSA) is 93.4 Å². The van der Waals surface area contributed by atoms with Crippen LogP contribution in [0.5, 0.6) is 5.75 Å². The molecule has 0 spiro atoms. The summed E-state index contributed by atoms with van der Waals surface area (Å²) in [7, 11) is 0. The Morgan fingerprint density at radius 1 is 1.20 bits per heavy atom. The lowest BCUT2D eigenvalue weighted by atomic mass is 9.99. The SMILES string of the molecule is O=C(c1ccc(OCC(O)Cn2ncnn2)cc1)N1CCC(c2ccc(F)cc2)C1. The van der Waals surface area contributed by atoms with Gasteiger partial charge in [0.2, 0.25) is 0 Å². The van der Waals surface area contributed by atoms with Gasteiger partial charge < -0.3 is 14.7 Å². The lowest BCUT2D eigenvalue weighted by Gasteiger charge is -2.17. The molecule has 3 aromatic rings. The fourth-order valence-electron chi connectivity index (χ4n) is 3.53. The van der Waals surface area contributed by atoms with E-state index in [2.05, 4.69) is 15.4 Å². The first-order valence-electron chi connectivity index (χ1n) is 9.75. The van der Waals surface area contributed by atoms with Crippen molar-refractivity contribution in [2.45, 2.75) is 25.0 Å². The molecule has 1 saturated heterocycles. The van der Waals surface area contributed by atoms with Crippen LogP contribution in [0.25, 0.3) is 0 Å². The Kier molecular flexibility index (Phi) is 5.99. The molecule has 0 saturated carbocycles. The summed E-state index contributed by atoms with van der Waals surface area (Å²) in [6, 6.07) is 13.3. The molecule has 2 heterocycles. The van der Waals surface area contributed by atoms with Crippen LogP contribution < -0.4 is 4.74 Å². The van der Waals surface area contributed by atoms with Crippen LogP contribution in [0, 0.1) is 5.82 Å². The predicted octanol–water partition coefficient (Wildman–Crippen LogP) is 1.88. The zero-order valence-electron chi connectivity index (χ0n) is 16.3. The van der Waals surface area contributed by atoms with Crippen molar-refractivity contribution in [2.75, 3.05) is 19.7 Å². The third-order valence-corrected chi connectivity index (χ3v) is 5.13. The number of carbonyl (C=O) groups is 1. The smallest absolute Gasteiger partial charge is 0.253 e. The number of hydrogen-bond donors (Lipinski definition) is 1. The maximum absolute atomic E-state index is 13.1. The molecule has 156 valence electrons. The minimum absolute atomic E-state index is 0.0385. The van der Waals surface area contributed by atoms with Crippen LogP contribution in [0.15, 0.2) is 54.9 Å². The van der Waals surface area contributed by atoms with Gasteiger partial charge in [0.15, 0.2) is 6.33 Å². The van der Waals surface area contributed by atoms with Crippen molar-refractivity contribution in [3.8, 4) is 5.75 Å². The van der Waals surface area contributed by atoms with Gasteiger partial charge in [-0.25, -0.2) is 4.39 Å². The van der Waals surface area contributed by atoms with Crippen molar-refractivity contribution in [1.29, 1.82) is 0 Å². The molecule has 0 bridgehead atoms. The van der Waals surface area contributed by atoms with Crippen LogP contribution in [0.1, 0.15) is 28.3 Å².